The average Bonchev–Trinajstić information content (AvgIpc) is 3.85. The summed E-state index contributed by atoms with van der Waals surface area (Å²) >= 11 is 0. The van der Waals surface area contributed by atoms with Gasteiger partial charge in [-0.05, 0) is 99.9 Å². The Labute approximate surface area is 410 Å². The minimum absolute atomic E-state index is 0.0566. The highest BCUT2D eigenvalue weighted by molar-refractivity contribution is 6.06. The highest BCUT2D eigenvalue weighted by Crippen LogP contribution is 2.41. The van der Waals surface area contributed by atoms with Gasteiger partial charge in [0.25, 0.3) is 11.5 Å². The second kappa shape index (κ2) is 19.0. The predicted octanol–water partition coefficient (Wildman–Crippen LogP) is 5.55. The van der Waals surface area contributed by atoms with Gasteiger partial charge in [0, 0.05) is 143 Å². The van der Waals surface area contributed by atoms with E-state index in [0.29, 0.717) is 70.9 Å². The van der Waals surface area contributed by atoms with Crippen molar-refractivity contribution in [3.8, 4) is 11.3 Å². The molecule has 4 aliphatic heterocycles. The van der Waals surface area contributed by atoms with Crippen LogP contribution in [0.2, 0.25) is 0 Å². The normalized spacial score (nSPS) is 22.5. The van der Waals surface area contributed by atoms with Crippen LogP contribution in [0.3, 0.4) is 0 Å². The van der Waals surface area contributed by atoms with E-state index in [0.717, 1.165) is 83.0 Å². The molecule has 8 heterocycles. The number of anilines is 7. The Morgan fingerprint density at radius 2 is 1.76 bits per heavy atom. The number of piperazine rings is 2. The summed E-state index contributed by atoms with van der Waals surface area (Å²) in [6.07, 6.45) is 10.4. The number of benzene rings is 1. The molecule has 1 unspecified atom stereocenters. The molecule has 4 atom stereocenters. The standard InChI is InChI=1S/C53H67N13O4/c1-8-48(68)58-42-25-37(9-10-44(42)63-20-19-61(30-35(63)4)38-13-17-62(33(2)23-38)39-11-14-55-47(26-39)64-18-16-54-29-34(64)3)57-49-52(70)60(7)31-43(59-49)40-12-15-56-50(41(40)32-67)66-22-21-65-45(51(66)69)24-36-27-53(5,6)28-46(36)65/h8-12,14-15,24-26,31,33-35,38,54,67H,1,13,16-23,27-30,32H2,2-7H3,(H,57,59)(H,58,68)/t33-,34-,35-,38?/m0/s1. The molecule has 3 fully saturated rings. The van der Waals surface area contributed by atoms with Gasteiger partial charge in [-0.3, -0.25) is 24.2 Å². The third-order valence-electron chi connectivity index (χ3n) is 15.3. The zero-order valence-electron chi connectivity index (χ0n) is 41.4. The Kier molecular flexibility index (Phi) is 12.8. The minimum atomic E-state index is -0.399. The first kappa shape index (κ1) is 47.1. The highest BCUT2D eigenvalue weighted by atomic mass is 16.3. The van der Waals surface area contributed by atoms with E-state index in [-0.39, 0.29) is 34.6 Å². The van der Waals surface area contributed by atoms with Crippen LogP contribution < -0.4 is 41.1 Å². The minimum Gasteiger partial charge on any atom is -0.392 e. The van der Waals surface area contributed by atoms with Crippen molar-refractivity contribution in [2.24, 2.45) is 12.5 Å². The van der Waals surface area contributed by atoms with Crippen LogP contribution in [-0.4, -0.2) is 122 Å². The Morgan fingerprint density at radius 1 is 0.929 bits per heavy atom. The first-order valence-electron chi connectivity index (χ1n) is 25.0. The lowest BCUT2D eigenvalue weighted by molar-refractivity contribution is -0.111. The van der Waals surface area contributed by atoms with Crippen molar-refractivity contribution in [3.63, 3.8) is 0 Å². The molecule has 1 aromatic carbocycles. The average molecular weight is 950 g/mol. The quantitative estimate of drug-likeness (QED) is 0.122. The number of piperidine rings is 1. The van der Waals surface area contributed by atoms with Crippen molar-refractivity contribution >= 4 is 52.0 Å². The summed E-state index contributed by atoms with van der Waals surface area (Å²) in [6.45, 7) is 22.1. The molecule has 17 heteroatoms. The zero-order chi connectivity index (χ0) is 49.0. The molecule has 0 bridgehead atoms. The Bertz CT molecular complexity index is 2890. The van der Waals surface area contributed by atoms with Crippen molar-refractivity contribution in [2.75, 3.05) is 82.6 Å². The summed E-state index contributed by atoms with van der Waals surface area (Å²) in [5, 5.41) is 20.6. The van der Waals surface area contributed by atoms with E-state index in [2.05, 4.69) is 98.4 Å². The predicted molar refractivity (Wildman–Crippen MR) is 277 cm³/mol. The summed E-state index contributed by atoms with van der Waals surface area (Å²) in [7, 11) is 1.65. The fourth-order valence-corrected chi connectivity index (χ4v) is 11.8. The van der Waals surface area contributed by atoms with E-state index in [4.69, 9.17) is 9.97 Å². The van der Waals surface area contributed by atoms with Gasteiger partial charge in [0.1, 0.15) is 17.3 Å². The third-order valence-corrected chi connectivity index (χ3v) is 15.3. The van der Waals surface area contributed by atoms with Gasteiger partial charge in [0.2, 0.25) is 5.91 Å². The zero-order valence-corrected chi connectivity index (χ0v) is 41.4. The molecule has 10 rings (SSSR count). The third kappa shape index (κ3) is 8.94. The number of hydrogen-bond donors (Lipinski definition) is 4. The van der Waals surface area contributed by atoms with Crippen molar-refractivity contribution < 1.29 is 14.7 Å². The number of aliphatic hydroxyl groups is 1. The fourth-order valence-electron chi connectivity index (χ4n) is 11.8. The van der Waals surface area contributed by atoms with Gasteiger partial charge < -0.3 is 44.9 Å². The molecular formula is C53H67N13O4. The molecule has 3 saturated heterocycles. The van der Waals surface area contributed by atoms with Crippen molar-refractivity contribution in [1.82, 2.24) is 34.3 Å². The van der Waals surface area contributed by atoms with E-state index in [1.165, 1.54) is 27.6 Å². The first-order chi connectivity index (χ1) is 33.7. The smallest absolute Gasteiger partial charge is 0.293 e. The lowest BCUT2D eigenvalue weighted by Crippen LogP contribution is -2.58. The summed E-state index contributed by atoms with van der Waals surface area (Å²) in [5.41, 5.74) is 7.56. The van der Waals surface area contributed by atoms with Gasteiger partial charge in [-0.1, -0.05) is 20.4 Å². The molecule has 5 aliphatic rings. The summed E-state index contributed by atoms with van der Waals surface area (Å²) in [4.78, 5) is 66.5. The van der Waals surface area contributed by atoms with Gasteiger partial charge in [-0.15, -0.1) is 0 Å². The molecule has 0 saturated carbocycles. The van der Waals surface area contributed by atoms with Crippen LogP contribution in [0, 0.1) is 5.41 Å². The van der Waals surface area contributed by atoms with Crippen LogP contribution >= 0.6 is 0 Å². The van der Waals surface area contributed by atoms with E-state index >= 15 is 0 Å². The number of aromatic nitrogens is 5. The number of pyridine rings is 2. The maximum absolute atomic E-state index is 14.1. The molecule has 4 N–H and O–H groups in total. The summed E-state index contributed by atoms with van der Waals surface area (Å²) in [6, 6.07) is 15.3. The van der Waals surface area contributed by atoms with Gasteiger partial charge >= 0.3 is 0 Å². The molecule has 5 aromatic rings. The Hall–Kier alpha value is -6.56. The van der Waals surface area contributed by atoms with E-state index in [1.54, 1.807) is 30.4 Å². The number of carbonyl (C=O) groups excluding carboxylic acids is 2. The van der Waals surface area contributed by atoms with E-state index in [1.807, 2.05) is 30.5 Å². The van der Waals surface area contributed by atoms with Gasteiger partial charge in [0.05, 0.1) is 23.7 Å². The molecule has 70 heavy (non-hydrogen) atoms. The second-order valence-corrected chi connectivity index (χ2v) is 20.8. The molecule has 1 aliphatic carbocycles. The number of fused-ring (bicyclic) bond motifs is 3. The van der Waals surface area contributed by atoms with Crippen LogP contribution in [0.5, 0.6) is 0 Å². The van der Waals surface area contributed by atoms with Crippen LogP contribution in [0.4, 0.5) is 40.2 Å². The molecule has 0 radical (unpaired) electrons. The SMILES string of the molecule is C=CC(=O)Nc1cc(Nc2nc(-c3ccnc(N4CCn5c(cc6c5CC(C)(C)C6)C4=O)c3CO)cn(C)c2=O)ccc1N1CCN(C2CCN(c3ccnc(N4CCNC[C@@H]4C)c3)[C@@H](C)C2)C[C@@H]1C. The molecule has 0 spiro atoms. The lowest BCUT2D eigenvalue weighted by atomic mass is 9.90. The van der Waals surface area contributed by atoms with E-state index < -0.39 is 6.61 Å². The molecule has 17 nitrogen and oxygen atoms in total. The highest BCUT2D eigenvalue weighted by Gasteiger charge is 2.38. The number of amides is 2. The Morgan fingerprint density at radius 3 is 2.53 bits per heavy atom. The van der Waals surface area contributed by atoms with Gasteiger partial charge in [-0.2, -0.15) is 0 Å². The number of aliphatic hydroxyl groups excluding tert-OH is 1. The topological polar surface area (TPSA) is 172 Å². The van der Waals surface area contributed by atoms with Crippen LogP contribution in [0.25, 0.3) is 11.3 Å². The van der Waals surface area contributed by atoms with Crippen molar-refractivity contribution in [3.05, 3.63) is 107 Å². The van der Waals surface area contributed by atoms with Crippen molar-refractivity contribution in [1.29, 1.82) is 0 Å². The molecule has 4 aromatic heterocycles. The second-order valence-electron chi connectivity index (χ2n) is 20.8. The van der Waals surface area contributed by atoms with Crippen LogP contribution in [0.1, 0.15) is 74.8 Å². The molecule has 2 amide bonds. The number of rotatable bonds is 11. The van der Waals surface area contributed by atoms with Gasteiger partial charge in [0.15, 0.2) is 5.82 Å². The largest absolute Gasteiger partial charge is 0.392 e. The summed E-state index contributed by atoms with van der Waals surface area (Å²) < 4.78 is 3.59. The first-order valence-corrected chi connectivity index (χ1v) is 25.0. The number of nitrogens with one attached hydrogen (secondary N) is 3. The van der Waals surface area contributed by atoms with Crippen LogP contribution in [-0.2, 0) is 37.8 Å². The maximum atomic E-state index is 14.1. The monoisotopic (exact) mass is 950 g/mol. The maximum Gasteiger partial charge on any atom is 0.293 e. The van der Waals surface area contributed by atoms with Gasteiger partial charge in [-0.25, -0.2) is 15.0 Å². The fraction of sp³-hybridized carbons (Fsp3) is 0.472. The number of hydrogen-bond acceptors (Lipinski definition) is 13. The lowest BCUT2D eigenvalue weighted by Gasteiger charge is -2.48. The number of carbonyl (C=O) groups is 2. The van der Waals surface area contributed by atoms with Crippen LogP contribution in [0.15, 0.2) is 78.5 Å². The van der Waals surface area contributed by atoms with Crippen molar-refractivity contribution in [2.45, 2.75) is 97.6 Å². The van der Waals surface area contributed by atoms with E-state index in [9.17, 15) is 19.5 Å². The number of aryl methyl sites for hydroxylation is 1. The molecular weight excluding hydrogens is 883 g/mol. The molecule has 368 valence electrons. The summed E-state index contributed by atoms with van der Waals surface area (Å²) in [5.74, 6) is 0.976. The Balaban J connectivity index is 0.844. The number of nitrogens with zero attached hydrogens (tertiary/aromatic N) is 10.